The van der Waals surface area contributed by atoms with Gasteiger partial charge in [-0.05, 0) is 19.8 Å². The average Bonchev–Trinajstić information content (AvgIpc) is 3.07. The molecular weight excluding hydrogens is 344 g/mol. The molecule has 0 spiro atoms. The molecule has 0 atom stereocenters. The van der Waals surface area contributed by atoms with Gasteiger partial charge < -0.3 is 25.0 Å². The molecule has 8 nitrogen and oxygen atoms in total. The number of carbonyl (C=O) groups is 2. The lowest BCUT2D eigenvalue weighted by Gasteiger charge is -2.21. The van der Waals surface area contributed by atoms with E-state index in [4.69, 9.17) is 9.47 Å². The van der Waals surface area contributed by atoms with E-state index >= 15 is 0 Å². The predicted molar refractivity (Wildman–Crippen MR) is 96.9 cm³/mol. The standard InChI is InChI=1S/C16H28N4O4S/c1-4-17-16(22)20(8-6-10-24-3)11-14-19-13(12-25-14)15(21)18-7-5-9-23-2/h12H,4-11H2,1-3H3,(H,17,22)(H,18,21). The smallest absolute Gasteiger partial charge is 0.317 e. The molecule has 0 saturated heterocycles. The van der Waals surface area contributed by atoms with Gasteiger partial charge in [-0.2, -0.15) is 0 Å². The zero-order chi connectivity index (χ0) is 18.5. The van der Waals surface area contributed by atoms with Crippen LogP contribution < -0.4 is 10.6 Å². The number of urea groups is 1. The molecule has 0 unspecified atom stereocenters. The number of ether oxygens (including phenoxy) is 2. The van der Waals surface area contributed by atoms with Gasteiger partial charge in [0.2, 0.25) is 0 Å². The van der Waals surface area contributed by atoms with Crippen molar-refractivity contribution in [2.24, 2.45) is 0 Å². The summed E-state index contributed by atoms with van der Waals surface area (Å²) in [7, 11) is 3.26. The van der Waals surface area contributed by atoms with Gasteiger partial charge in [-0.3, -0.25) is 4.79 Å². The Balaban J connectivity index is 2.58. The van der Waals surface area contributed by atoms with Gasteiger partial charge >= 0.3 is 6.03 Å². The molecule has 0 radical (unpaired) electrons. The quantitative estimate of drug-likeness (QED) is 0.542. The van der Waals surface area contributed by atoms with Gasteiger partial charge in [0.15, 0.2) is 0 Å². The van der Waals surface area contributed by atoms with Crippen molar-refractivity contribution in [1.82, 2.24) is 20.5 Å². The van der Waals surface area contributed by atoms with E-state index in [0.29, 0.717) is 45.1 Å². The van der Waals surface area contributed by atoms with E-state index in [9.17, 15) is 9.59 Å². The lowest BCUT2D eigenvalue weighted by atomic mass is 10.4. The Morgan fingerprint density at radius 3 is 2.60 bits per heavy atom. The van der Waals surface area contributed by atoms with Crippen LogP contribution in [-0.4, -0.2) is 68.9 Å². The summed E-state index contributed by atoms with van der Waals surface area (Å²) < 4.78 is 9.98. The predicted octanol–water partition coefficient (Wildman–Crippen LogP) is 1.48. The molecule has 9 heteroatoms. The van der Waals surface area contributed by atoms with Crippen molar-refractivity contribution in [2.75, 3.05) is 47.1 Å². The Labute approximate surface area is 152 Å². The van der Waals surface area contributed by atoms with E-state index < -0.39 is 0 Å². The van der Waals surface area contributed by atoms with Gasteiger partial charge in [0.05, 0.1) is 6.54 Å². The fourth-order valence-corrected chi connectivity index (χ4v) is 2.86. The summed E-state index contributed by atoms with van der Waals surface area (Å²) in [6.45, 7) is 5.11. The molecule has 142 valence electrons. The maximum atomic E-state index is 12.1. The monoisotopic (exact) mass is 372 g/mol. The van der Waals surface area contributed by atoms with E-state index in [0.717, 1.165) is 17.8 Å². The van der Waals surface area contributed by atoms with Crippen LogP contribution in [0.1, 0.15) is 35.3 Å². The van der Waals surface area contributed by atoms with E-state index in [-0.39, 0.29) is 11.9 Å². The molecular formula is C16H28N4O4S. The van der Waals surface area contributed by atoms with Crippen molar-refractivity contribution in [1.29, 1.82) is 0 Å². The third-order valence-electron chi connectivity index (χ3n) is 3.31. The van der Waals surface area contributed by atoms with Gasteiger partial charge in [0.25, 0.3) is 5.91 Å². The Bertz CT molecular complexity index is 524. The second-order valence-electron chi connectivity index (χ2n) is 5.33. The summed E-state index contributed by atoms with van der Waals surface area (Å²) in [4.78, 5) is 30.2. The number of nitrogens with one attached hydrogen (secondary N) is 2. The molecule has 1 rings (SSSR count). The maximum absolute atomic E-state index is 12.1. The molecule has 1 aromatic rings. The van der Waals surface area contributed by atoms with Crippen LogP contribution in [0.15, 0.2) is 5.38 Å². The molecule has 0 bridgehead atoms. The summed E-state index contributed by atoms with van der Waals surface area (Å²) >= 11 is 1.38. The zero-order valence-electron chi connectivity index (χ0n) is 15.2. The Morgan fingerprint density at radius 2 is 1.92 bits per heavy atom. The molecule has 2 N–H and O–H groups in total. The first-order valence-electron chi connectivity index (χ1n) is 8.35. The fraction of sp³-hybridized carbons (Fsp3) is 0.688. The number of aromatic nitrogens is 1. The first-order valence-corrected chi connectivity index (χ1v) is 9.23. The van der Waals surface area contributed by atoms with Gasteiger partial charge in [0, 0.05) is 52.4 Å². The highest BCUT2D eigenvalue weighted by atomic mass is 32.1. The van der Waals surface area contributed by atoms with E-state index in [2.05, 4.69) is 15.6 Å². The van der Waals surface area contributed by atoms with Crippen LogP contribution in [0.2, 0.25) is 0 Å². The third kappa shape index (κ3) is 8.28. The second-order valence-corrected chi connectivity index (χ2v) is 6.27. The topological polar surface area (TPSA) is 92.8 Å². The highest BCUT2D eigenvalue weighted by Crippen LogP contribution is 2.13. The van der Waals surface area contributed by atoms with Gasteiger partial charge in [0.1, 0.15) is 10.7 Å². The van der Waals surface area contributed by atoms with Crippen molar-refractivity contribution >= 4 is 23.3 Å². The van der Waals surface area contributed by atoms with Crippen molar-refractivity contribution < 1.29 is 19.1 Å². The summed E-state index contributed by atoms with van der Waals surface area (Å²) in [5.41, 5.74) is 0.380. The van der Waals surface area contributed by atoms with E-state index in [1.807, 2.05) is 6.92 Å². The average molecular weight is 372 g/mol. The third-order valence-corrected chi connectivity index (χ3v) is 4.15. The lowest BCUT2D eigenvalue weighted by molar-refractivity contribution is 0.0944. The van der Waals surface area contributed by atoms with Crippen LogP contribution >= 0.6 is 11.3 Å². The maximum Gasteiger partial charge on any atom is 0.317 e. The number of nitrogens with zero attached hydrogens (tertiary/aromatic N) is 2. The number of amides is 3. The lowest BCUT2D eigenvalue weighted by Crippen LogP contribution is -2.40. The van der Waals surface area contributed by atoms with Gasteiger partial charge in [-0.25, -0.2) is 9.78 Å². The largest absolute Gasteiger partial charge is 0.385 e. The first-order chi connectivity index (χ1) is 12.1. The zero-order valence-corrected chi connectivity index (χ0v) is 16.0. The summed E-state index contributed by atoms with van der Waals surface area (Å²) in [5, 5.41) is 8.04. The summed E-state index contributed by atoms with van der Waals surface area (Å²) in [6.07, 6.45) is 1.50. The van der Waals surface area contributed by atoms with Crippen molar-refractivity contribution in [3.05, 3.63) is 16.1 Å². The number of thiazole rings is 1. The molecule has 0 fully saturated rings. The first kappa shape index (κ1) is 21.3. The van der Waals surface area contributed by atoms with Crippen molar-refractivity contribution in [3.63, 3.8) is 0 Å². The Kier molecular flexibility index (Phi) is 10.8. The minimum atomic E-state index is -0.206. The number of hydrogen-bond donors (Lipinski definition) is 2. The summed E-state index contributed by atoms with van der Waals surface area (Å²) in [5.74, 6) is -0.206. The second kappa shape index (κ2) is 12.6. The normalized spacial score (nSPS) is 10.5. The Morgan fingerprint density at radius 1 is 1.20 bits per heavy atom. The molecule has 0 aliphatic rings. The van der Waals surface area contributed by atoms with Crippen LogP contribution in [0.25, 0.3) is 0 Å². The fourth-order valence-electron chi connectivity index (χ4n) is 2.08. The molecule has 0 aromatic carbocycles. The highest BCUT2D eigenvalue weighted by Gasteiger charge is 2.16. The molecule has 25 heavy (non-hydrogen) atoms. The summed E-state index contributed by atoms with van der Waals surface area (Å²) in [6, 6.07) is -0.139. The molecule has 1 aromatic heterocycles. The van der Waals surface area contributed by atoms with Crippen molar-refractivity contribution in [2.45, 2.75) is 26.3 Å². The van der Waals surface area contributed by atoms with E-state index in [1.54, 1.807) is 24.5 Å². The van der Waals surface area contributed by atoms with E-state index in [1.165, 1.54) is 11.3 Å². The van der Waals surface area contributed by atoms with Gasteiger partial charge in [-0.15, -0.1) is 11.3 Å². The number of hydrogen-bond acceptors (Lipinski definition) is 6. The molecule has 0 aliphatic carbocycles. The molecule has 0 aliphatic heterocycles. The molecule has 0 saturated carbocycles. The molecule has 1 heterocycles. The van der Waals surface area contributed by atoms with Crippen LogP contribution in [0.5, 0.6) is 0 Å². The van der Waals surface area contributed by atoms with Crippen LogP contribution in [0, 0.1) is 0 Å². The highest BCUT2D eigenvalue weighted by molar-refractivity contribution is 7.09. The number of rotatable bonds is 12. The Hall–Kier alpha value is -1.71. The van der Waals surface area contributed by atoms with Crippen LogP contribution in [0.4, 0.5) is 4.79 Å². The minimum Gasteiger partial charge on any atom is -0.385 e. The van der Waals surface area contributed by atoms with Crippen LogP contribution in [0.3, 0.4) is 0 Å². The van der Waals surface area contributed by atoms with Crippen molar-refractivity contribution in [3.8, 4) is 0 Å². The van der Waals surface area contributed by atoms with Crippen LogP contribution in [-0.2, 0) is 16.0 Å². The number of methoxy groups -OCH3 is 2. The SMILES string of the molecule is CCNC(=O)N(CCCOC)Cc1nc(C(=O)NCCCOC)cs1. The number of carbonyl (C=O) groups excluding carboxylic acids is 2. The molecule has 3 amide bonds. The minimum absolute atomic E-state index is 0.139. The van der Waals surface area contributed by atoms with Gasteiger partial charge in [-0.1, -0.05) is 0 Å².